The van der Waals surface area contributed by atoms with Crippen molar-refractivity contribution in [2.45, 2.75) is 19.4 Å². The zero-order valence-corrected chi connectivity index (χ0v) is 16.1. The first kappa shape index (κ1) is 18.1. The molecule has 3 aromatic rings. The second-order valence-electron chi connectivity index (χ2n) is 6.97. The molecule has 4 rings (SSSR count). The number of aromatic amines is 1. The fraction of sp³-hybridized carbons (Fsp3) is 0.273. The van der Waals surface area contributed by atoms with Crippen LogP contribution in [0.15, 0.2) is 54.9 Å². The highest BCUT2D eigenvalue weighted by molar-refractivity contribution is 5.90. The van der Waals surface area contributed by atoms with E-state index in [2.05, 4.69) is 21.4 Å². The lowest BCUT2D eigenvalue weighted by molar-refractivity contribution is 0.199. The minimum absolute atomic E-state index is 0.0489. The second-order valence-corrected chi connectivity index (χ2v) is 6.97. The molecular formula is C22H24N4O2. The van der Waals surface area contributed by atoms with Crippen LogP contribution in [0.4, 0.5) is 4.79 Å². The fourth-order valence-corrected chi connectivity index (χ4v) is 3.61. The summed E-state index contributed by atoms with van der Waals surface area (Å²) in [5.41, 5.74) is 4.37. The lowest BCUT2D eigenvalue weighted by atomic mass is 9.98. The Hall–Kier alpha value is -3.28. The lowest BCUT2D eigenvalue weighted by Crippen LogP contribution is -2.43. The lowest BCUT2D eigenvalue weighted by Gasteiger charge is -2.28. The Balaban J connectivity index is 1.42. The van der Waals surface area contributed by atoms with Gasteiger partial charge in [-0.05, 0) is 54.3 Å². The standard InChI is InChI=1S/C22H24N4O2/c1-15(17-4-3-5-18(14-17)28-2)25-22(27)26-12-8-16(9-13-26)19-6-10-23-21-20(19)7-11-24-21/h3-8,10-11,14-15H,9,12-13H2,1-2H3,(H,23,24)(H,25,27)/t15-/m1/s1. The predicted molar refractivity (Wildman–Crippen MR) is 110 cm³/mol. The largest absolute Gasteiger partial charge is 0.497 e. The van der Waals surface area contributed by atoms with E-state index in [-0.39, 0.29) is 12.1 Å². The van der Waals surface area contributed by atoms with Crippen LogP contribution in [0.3, 0.4) is 0 Å². The van der Waals surface area contributed by atoms with Gasteiger partial charge in [-0.15, -0.1) is 0 Å². The molecule has 2 aromatic heterocycles. The zero-order valence-electron chi connectivity index (χ0n) is 16.1. The van der Waals surface area contributed by atoms with E-state index in [1.54, 1.807) is 7.11 Å². The summed E-state index contributed by atoms with van der Waals surface area (Å²) in [5, 5.41) is 4.21. The summed E-state index contributed by atoms with van der Waals surface area (Å²) in [6.45, 7) is 3.27. The molecule has 1 aliphatic rings. The smallest absolute Gasteiger partial charge is 0.318 e. The highest BCUT2D eigenvalue weighted by Gasteiger charge is 2.21. The Morgan fingerprint density at radius 3 is 3.00 bits per heavy atom. The number of nitrogens with zero attached hydrogens (tertiary/aromatic N) is 2. The molecule has 0 saturated carbocycles. The van der Waals surface area contributed by atoms with Gasteiger partial charge in [0.1, 0.15) is 11.4 Å². The van der Waals surface area contributed by atoms with E-state index in [1.807, 2.05) is 60.6 Å². The van der Waals surface area contributed by atoms with Gasteiger partial charge in [-0.1, -0.05) is 18.2 Å². The van der Waals surface area contributed by atoms with Gasteiger partial charge in [-0.25, -0.2) is 9.78 Å². The van der Waals surface area contributed by atoms with Crippen LogP contribution in [0.1, 0.15) is 30.5 Å². The maximum absolute atomic E-state index is 12.7. The van der Waals surface area contributed by atoms with E-state index in [0.717, 1.165) is 28.8 Å². The number of nitrogens with one attached hydrogen (secondary N) is 2. The van der Waals surface area contributed by atoms with Crippen LogP contribution in [0, 0.1) is 0 Å². The number of methoxy groups -OCH3 is 1. The Bertz CT molecular complexity index is 1020. The highest BCUT2D eigenvalue weighted by Crippen LogP contribution is 2.28. The first-order valence-electron chi connectivity index (χ1n) is 9.46. The number of rotatable bonds is 4. The van der Waals surface area contributed by atoms with E-state index in [0.29, 0.717) is 13.1 Å². The first-order chi connectivity index (χ1) is 13.7. The van der Waals surface area contributed by atoms with Gasteiger partial charge in [0, 0.05) is 30.9 Å². The third kappa shape index (κ3) is 3.58. The number of carbonyl (C=O) groups is 1. The van der Waals surface area contributed by atoms with Gasteiger partial charge in [0.25, 0.3) is 0 Å². The van der Waals surface area contributed by atoms with Crippen LogP contribution < -0.4 is 10.1 Å². The van der Waals surface area contributed by atoms with Gasteiger partial charge in [0.2, 0.25) is 0 Å². The van der Waals surface area contributed by atoms with Crippen LogP contribution in [-0.2, 0) is 0 Å². The van der Waals surface area contributed by atoms with E-state index >= 15 is 0 Å². The summed E-state index contributed by atoms with van der Waals surface area (Å²) >= 11 is 0. The van der Waals surface area contributed by atoms with Crippen LogP contribution in [0.25, 0.3) is 16.6 Å². The molecule has 0 unspecified atom stereocenters. The van der Waals surface area contributed by atoms with Crippen molar-refractivity contribution in [3.63, 3.8) is 0 Å². The van der Waals surface area contributed by atoms with Crippen LogP contribution in [0.5, 0.6) is 5.75 Å². The molecule has 2 amide bonds. The fourth-order valence-electron chi connectivity index (χ4n) is 3.61. The van der Waals surface area contributed by atoms with Crippen LogP contribution >= 0.6 is 0 Å². The van der Waals surface area contributed by atoms with Crippen molar-refractivity contribution in [2.24, 2.45) is 0 Å². The van der Waals surface area contributed by atoms with Gasteiger partial charge in [-0.3, -0.25) is 0 Å². The monoisotopic (exact) mass is 376 g/mol. The summed E-state index contributed by atoms with van der Waals surface area (Å²) in [6, 6.07) is 11.7. The van der Waals surface area contributed by atoms with E-state index in [1.165, 1.54) is 11.1 Å². The number of benzene rings is 1. The maximum atomic E-state index is 12.7. The second kappa shape index (κ2) is 7.76. The van der Waals surface area contributed by atoms with Crippen molar-refractivity contribution in [1.29, 1.82) is 0 Å². The molecule has 1 aromatic carbocycles. The number of hydrogen-bond acceptors (Lipinski definition) is 3. The Morgan fingerprint density at radius 2 is 2.21 bits per heavy atom. The molecule has 1 atom stereocenters. The van der Waals surface area contributed by atoms with Crippen LogP contribution in [0.2, 0.25) is 0 Å². The van der Waals surface area contributed by atoms with Crippen molar-refractivity contribution in [2.75, 3.05) is 20.2 Å². The molecule has 0 spiro atoms. The Kier molecular flexibility index (Phi) is 5.02. The maximum Gasteiger partial charge on any atom is 0.318 e. The molecule has 0 saturated heterocycles. The molecule has 0 radical (unpaired) electrons. The van der Waals surface area contributed by atoms with Gasteiger partial charge in [-0.2, -0.15) is 0 Å². The van der Waals surface area contributed by atoms with Crippen molar-refractivity contribution in [3.05, 3.63) is 66.0 Å². The number of aromatic nitrogens is 2. The average Bonchev–Trinajstić information content (AvgIpc) is 3.23. The van der Waals surface area contributed by atoms with Crippen molar-refractivity contribution >= 4 is 22.6 Å². The van der Waals surface area contributed by atoms with E-state index in [4.69, 9.17) is 4.74 Å². The summed E-state index contributed by atoms with van der Waals surface area (Å²) < 4.78 is 5.27. The average molecular weight is 376 g/mol. The predicted octanol–water partition coefficient (Wildman–Crippen LogP) is 4.13. The molecule has 28 heavy (non-hydrogen) atoms. The number of carbonyl (C=O) groups excluding carboxylic acids is 1. The van der Waals surface area contributed by atoms with Crippen LogP contribution in [-0.4, -0.2) is 41.1 Å². The van der Waals surface area contributed by atoms with Crippen molar-refractivity contribution in [3.8, 4) is 5.75 Å². The number of pyridine rings is 1. The molecule has 144 valence electrons. The van der Waals surface area contributed by atoms with Crippen molar-refractivity contribution < 1.29 is 9.53 Å². The number of hydrogen-bond donors (Lipinski definition) is 2. The molecular weight excluding hydrogens is 352 g/mol. The number of ether oxygens (including phenoxy) is 1. The normalized spacial score (nSPS) is 15.2. The summed E-state index contributed by atoms with van der Waals surface area (Å²) in [4.78, 5) is 22.0. The molecule has 1 aliphatic heterocycles. The Morgan fingerprint density at radius 1 is 1.32 bits per heavy atom. The number of urea groups is 1. The molecule has 3 heterocycles. The number of fused-ring (bicyclic) bond motifs is 1. The van der Waals surface area contributed by atoms with Crippen molar-refractivity contribution in [1.82, 2.24) is 20.2 Å². The minimum atomic E-state index is -0.0901. The number of amides is 2. The highest BCUT2D eigenvalue weighted by atomic mass is 16.5. The van der Waals surface area contributed by atoms with Gasteiger partial charge in [0.15, 0.2) is 0 Å². The summed E-state index contributed by atoms with van der Waals surface area (Å²) in [7, 11) is 1.64. The third-order valence-electron chi connectivity index (χ3n) is 5.24. The third-order valence-corrected chi connectivity index (χ3v) is 5.24. The van der Waals surface area contributed by atoms with Gasteiger partial charge >= 0.3 is 6.03 Å². The molecule has 0 fully saturated rings. The molecule has 6 nitrogen and oxygen atoms in total. The summed E-state index contributed by atoms with van der Waals surface area (Å²) in [6.07, 6.45) is 6.69. The van der Waals surface area contributed by atoms with E-state index in [9.17, 15) is 4.79 Å². The summed E-state index contributed by atoms with van der Waals surface area (Å²) in [5.74, 6) is 0.789. The molecule has 0 aliphatic carbocycles. The first-order valence-corrected chi connectivity index (χ1v) is 9.46. The SMILES string of the molecule is COc1cccc([C@@H](C)NC(=O)N2CC=C(c3ccnc4[nH]ccc34)CC2)c1. The number of H-pyrrole nitrogens is 1. The van der Waals surface area contributed by atoms with E-state index < -0.39 is 0 Å². The van der Waals surface area contributed by atoms with Gasteiger partial charge < -0.3 is 19.9 Å². The zero-order chi connectivity index (χ0) is 19.5. The molecule has 0 bridgehead atoms. The quantitative estimate of drug-likeness (QED) is 0.719. The minimum Gasteiger partial charge on any atom is -0.497 e. The molecule has 2 N–H and O–H groups in total. The molecule has 6 heteroatoms. The van der Waals surface area contributed by atoms with Gasteiger partial charge in [0.05, 0.1) is 13.2 Å². The topological polar surface area (TPSA) is 70.2 Å². The Labute approximate surface area is 164 Å².